The summed E-state index contributed by atoms with van der Waals surface area (Å²) in [7, 11) is -5.09. The molecule has 0 aromatic carbocycles. The van der Waals surface area contributed by atoms with E-state index in [-0.39, 0.29) is 34.6 Å². The van der Waals surface area contributed by atoms with Gasteiger partial charge in [-0.25, -0.2) is 17.7 Å². The number of nitrogens with zero attached hydrogens (tertiary/aromatic N) is 4. The van der Waals surface area contributed by atoms with Crippen molar-refractivity contribution in [3.05, 3.63) is 28.2 Å². The number of nitrogens with one attached hydrogen (secondary N) is 1. The van der Waals surface area contributed by atoms with Gasteiger partial charge in [-0.15, -0.1) is 0 Å². The van der Waals surface area contributed by atoms with Crippen molar-refractivity contribution in [2.75, 3.05) is 24.6 Å². The van der Waals surface area contributed by atoms with Gasteiger partial charge in [0.2, 0.25) is 16.0 Å². The third kappa shape index (κ3) is 3.95. The van der Waals surface area contributed by atoms with Gasteiger partial charge in [-0.3, -0.25) is 9.36 Å². The van der Waals surface area contributed by atoms with Gasteiger partial charge in [0, 0.05) is 54.1 Å². The van der Waals surface area contributed by atoms with Gasteiger partial charge in [-0.1, -0.05) is 0 Å². The van der Waals surface area contributed by atoms with Crippen LogP contribution in [0.4, 0.5) is 5.95 Å². The molecule has 30 heavy (non-hydrogen) atoms. The molecular formula is C20H29N5O4S. The molecule has 9 nitrogen and oxygen atoms in total. The number of aliphatic hydroxyl groups is 1. The molecule has 0 unspecified atom stereocenters. The summed E-state index contributed by atoms with van der Waals surface area (Å²) in [6.07, 6.45) is -8.03. The third-order valence-electron chi connectivity index (χ3n) is 5.23. The van der Waals surface area contributed by atoms with E-state index in [4.69, 9.17) is 17.8 Å². The molecule has 2 fully saturated rings. The fourth-order valence-corrected chi connectivity index (χ4v) is 4.20. The monoisotopic (exact) mass is 448 g/mol. The molecule has 1 aliphatic carbocycles. The molecule has 0 spiro atoms. The maximum Gasteiger partial charge on any atom is 0.255 e. The first-order chi connectivity index (χ1) is 19.2. The largest absolute Gasteiger partial charge is 0.388 e. The van der Waals surface area contributed by atoms with E-state index < -0.39 is 90.5 Å². The van der Waals surface area contributed by atoms with E-state index in [2.05, 4.69) is 15.3 Å². The highest BCUT2D eigenvalue weighted by molar-refractivity contribution is 7.88. The molecule has 2 aromatic heterocycles. The summed E-state index contributed by atoms with van der Waals surface area (Å²) in [5.74, 6) is -0.484. The lowest BCUT2D eigenvalue weighted by molar-refractivity contribution is 0.0266. The summed E-state index contributed by atoms with van der Waals surface area (Å²) in [6, 6.07) is -2.30. The molecule has 0 bridgehead atoms. The van der Waals surface area contributed by atoms with E-state index in [1.165, 1.54) is 0 Å². The highest BCUT2D eigenvalue weighted by Gasteiger charge is 2.39. The molecule has 1 aliphatic heterocycles. The van der Waals surface area contributed by atoms with E-state index in [0.29, 0.717) is 0 Å². The lowest BCUT2D eigenvalue weighted by Crippen LogP contribution is -2.42. The Kier molecular flexibility index (Phi) is 2.66. The third-order valence-corrected chi connectivity index (χ3v) is 6.17. The summed E-state index contributed by atoms with van der Waals surface area (Å²) in [5.41, 5.74) is -4.56. The molecule has 1 saturated heterocycles. The van der Waals surface area contributed by atoms with Crippen LogP contribution in [0.5, 0.6) is 0 Å². The van der Waals surface area contributed by atoms with Crippen LogP contribution in [0.3, 0.4) is 0 Å². The van der Waals surface area contributed by atoms with Crippen molar-refractivity contribution in [2.45, 2.75) is 63.4 Å². The Balaban J connectivity index is 1.84. The molecule has 2 atom stereocenters. The summed E-state index contributed by atoms with van der Waals surface area (Å²) in [4.78, 5) is 21.7. The second kappa shape index (κ2) is 7.58. The Morgan fingerprint density at radius 1 is 1.40 bits per heavy atom. The van der Waals surface area contributed by atoms with E-state index in [1.54, 1.807) is 0 Å². The Morgan fingerprint density at radius 3 is 2.90 bits per heavy atom. The summed E-state index contributed by atoms with van der Waals surface area (Å²) < 4.78 is 128. The number of fused-ring (bicyclic) bond motifs is 1. The zero-order valence-electron chi connectivity index (χ0n) is 28.7. The lowest BCUT2D eigenvalue weighted by atomic mass is 9.99. The Bertz CT molecular complexity index is 1570. The first-order valence-corrected chi connectivity index (χ1v) is 10.6. The van der Waals surface area contributed by atoms with Gasteiger partial charge in [0.1, 0.15) is 5.65 Å². The number of pyridine rings is 1. The molecule has 3 heterocycles. The van der Waals surface area contributed by atoms with Crippen molar-refractivity contribution < 1.29 is 31.3 Å². The minimum absolute atomic E-state index is 0.0252. The number of piperidine rings is 1. The summed E-state index contributed by atoms with van der Waals surface area (Å²) in [5, 5.41) is 13.6. The number of hydrogen-bond donors (Lipinski definition) is 2. The van der Waals surface area contributed by atoms with Crippen molar-refractivity contribution >= 4 is 27.0 Å². The van der Waals surface area contributed by atoms with Gasteiger partial charge in [0.25, 0.3) is 5.56 Å². The van der Waals surface area contributed by atoms with Gasteiger partial charge in [0.15, 0.2) is 0 Å². The zero-order valence-corrected chi connectivity index (χ0v) is 16.5. The second-order valence-corrected chi connectivity index (χ2v) is 8.76. The molecular weight excluding hydrogens is 406 g/mol. The van der Waals surface area contributed by atoms with Crippen LogP contribution in [0.1, 0.15) is 68.3 Å². The predicted molar refractivity (Wildman–Crippen MR) is 115 cm³/mol. The SMILES string of the molecule is [2H]C([2H])([2H])c1cc2cnc(NC3C([2H])([2H])CN(S(=O)(=O)C([2H])([2H])[2H])CC3([2H])[2H])nc2n([C@@H]2CCC[C@]2(O)C([2H])([2H])[2H])c1=O. The van der Waals surface area contributed by atoms with Crippen LogP contribution in [-0.4, -0.2) is 63.3 Å². The molecule has 0 radical (unpaired) electrons. The standard InChI is InChI=1S/C20H29N5O4S/c1-13-11-14-12-21-19(22-15-6-9-24(10-7-15)30(3,28)29)23-17(14)25(18(13)26)16-5-4-8-20(16,2)27/h11-12,15-16,27H,4-10H2,1-3H3,(H,21,22,23)/t16-,20-/m1/s1/i1D3,2D3,3D3,6D2,7D2. The fraction of sp³-hybridized carbons (Fsp3) is 0.650. The highest BCUT2D eigenvalue weighted by Crippen LogP contribution is 2.39. The summed E-state index contributed by atoms with van der Waals surface area (Å²) >= 11 is 0. The minimum Gasteiger partial charge on any atom is -0.388 e. The Labute approximate surface area is 194 Å². The molecule has 2 aromatic rings. The van der Waals surface area contributed by atoms with Crippen molar-refractivity contribution in [2.24, 2.45) is 0 Å². The average molecular weight is 449 g/mol. The van der Waals surface area contributed by atoms with E-state index in [1.807, 2.05) is 0 Å². The quantitative estimate of drug-likeness (QED) is 0.726. The molecule has 2 aliphatic rings. The number of hydrogen-bond acceptors (Lipinski definition) is 7. The van der Waals surface area contributed by atoms with Crippen LogP contribution < -0.4 is 10.9 Å². The van der Waals surface area contributed by atoms with Crippen molar-refractivity contribution in [3.8, 4) is 0 Å². The van der Waals surface area contributed by atoms with Crippen LogP contribution in [0.2, 0.25) is 0 Å². The van der Waals surface area contributed by atoms with Crippen LogP contribution in [0, 0.1) is 6.85 Å². The predicted octanol–water partition coefficient (Wildman–Crippen LogP) is 1.41. The van der Waals surface area contributed by atoms with Gasteiger partial charge in [-0.2, -0.15) is 4.98 Å². The van der Waals surface area contributed by atoms with Crippen molar-refractivity contribution in [1.82, 2.24) is 18.8 Å². The lowest BCUT2D eigenvalue weighted by Gasteiger charge is -2.31. The Morgan fingerprint density at radius 2 is 2.20 bits per heavy atom. The number of aryl methyl sites for hydroxylation is 1. The Hall–Kier alpha value is -2.04. The van der Waals surface area contributed by atoms with Crippen molar-refractivity contribution in [1.29, 1.82) is 0 Å². The zero-order chi connectivity index (χ0) is 32.8. The molecule has 164 valence electrons. The fourth-order valence-electron chi connectivity index (χ4n) is 3.71. The molecule has 1 saturated carbocycles. The molecule has 10 heteroatoms. The van der Waals surface area contributed by atoms with E-state index in [0.717, 1.165) is 16.8 Å². The van der Waals surface area contributed by atoms with Crippen molar-refractivity contribution in [3.63, 3.8) is 0 Å². The van der Waals surface area contributed by atoms with E-state index in [9.17, 15) is 18.3 Å². The first-order valence-electron chi connectivity index (χ1n) is 15.7. The normalized spacial score (nSPS) is 37.4. The molecule has 4 rings (SSSR count). The number of sulfonamides is 1. The van der Waals surface area contributed by atoms with Gasteiger partial charge in [0.05, 0.1) is 17.8 Å². The minimum atomic E-state index is -5.09. The highest BCUT2D eigenvalue weighted by atomic mass is 32.2. The number of aromatic nitrogens is 3. The van der Waals surface area contributed by atoms with E-state index >= 15 is 0 Å². The van der Waals surface area contributed by atoms with Crippen LogP contribution in [0.15, 0.2) is 17.1 Å². The average Bonchev–Trinajstić information content (AvgIpc) is 3.21. The van der Waals surface area contributed by atoms with Gasteiger partial charge in [-0.05, 0) is 51.8 Å². The van der Waals surface area contributed by atoms with Crippen LogP contribution in [0.25, 0.3) is 11.0 Å². The van der Waals surface area contributed by atoms with Gasteiger partial charge >= 0.3 is 0 Å². The smallest absolute Gasteiger partial charge is 0.255 e. The number of rotatable bonds is 4. The summed E-state index contributed by atoms with van der Waals surface area (Å²) in [6.45, 7) is -7.97. The van der Waals surface area contributed by atoms with Gasteiger partial charge < -0.3 is 10.4 Å². The maximum absolute atomic E-state index is 13.5. The molecule has 2 N–H and O–H groups in total. The molecule has 0 amide bonds. The maximum atomic E-state index is 13.5. The number of anilines is 1. The van der Waals surface area contributed by atoms with Crippen LogP contribution in [-0.2, 0) is 10.0 Å². The first kappa shape index (κ1) is 10.5. The second-order valence-electron chi connectivity index (χ2n) is 7.30. The topological polar surface area (TPSA) is 117 Å². The van der Waals surface area contributed by atoms with Crippen LogP contribution >= 0.6 is 0 Å².